The van der Waals surface area contributed by atoms with Gasteiger partial charge in [0.2, 0.25) is 15.9 Å². The molecule has 0 aromatic heterocycles. The number of ether oxygens (including phenoxy) is 1. The number of sulfonamides is 1. The van der Waals surface area contributed by atoms with E-state index in [9.17, 15) is 13.2 Å². The van der Waals surface area contributed by atoms with Crippen LogP contribution in [0.5, 0.6) is 5.75 Å². The van der Waals surface area contributed by atoms with Crippen LogP contribution < -0.4 is 15.0 Å². The number of rotatable bonds is 9. The highest BCUT2D eigenvalue weighted by Gasteiger charge is 2.26. The van der Waals surface area contributed by atoms with E-state index >= 15 is 0 Å². The number of nitrogens with one attached hydrogen (secondary N) is 1. The SMILES string of the molecule is COc1ccc(S(=O)(=O)N2CCCCC2)cc1CCC(=O)NCc1ccc(N2CCC[C@@H](C)C2)cc1. The molecule has 2 aromatic carbocycles. The first-order valence-electron chi connectivity index (χ1n) is 13.1. The maximum atomic E-state index is 13.1. The summed E-state index contributed by atoms with van der Waals surface area (Å²) < 4.78 is 33.2. The molecule has 0 unspecified atom stereocenters. The summed E-state index contributed by atoms with van der Waals surface area (Å²) in [6, 6.07) is 13.4. The Bertz CT molecular complexity index is 1130. The minimum atomic E-state index is -3.54. The van der Waals surface area contributed by atoms with Crippen molar-refractivity contribution < 1.29 is 17.9 Å². The van der Waals surface area contributed by atoms with Crippen LogP contribution in [0.25, 0.3) is 0 Å². The normalized spacial score (nSPS) is 19.2. The van der Waals surface area contributed by atoms with Gasteiger partial charge in [0.05, 0.1) is 12.0 Å². The van der Waals surface area contributed by atoms with Gasteiger partial charge in [-0.1, -0.05) is 25.5 Å². The summed E-state index contributed by atoms with van der Waals surface area (Å²) in [4.78, 5) is 15.3. The van der Waals surface area contributed by atoms with Crippen LogP contribution in [0.15, 0.2) is 47.4 Å². The number of carbonyl (C=O) groups excluding carboxylic acids is 1. The molecule has 7 nitrogen and oxygen atoms in total. The summed E-state index contributed by atoms with van der Waals surface area (Å²) in [5.41, 5.74) is 3.03. The van der Waals surface area contributed by atoms with Crippen molar-refractivity contribution in [2.75, 3.05) is 38.2 Å². The van der Waals surface area contributed by atoms with E-state index in [4.69, 9.17) is 4.74 Å². The lowest BCUT2D eigenvalue weighted by molar-refractivity contribution is -0.121. The van der Waals surface area contributed by atoms with Crippen molar-refractivity contribution in [1.82, 2.24) is 9.62 Å². The van der Waals surface area contributed by atoms with E-state index in [1.807, 2.05) is 0 Å². The standard InChI is InChI=1S/C28H39N3O4S/c1-22-7-6-16-30(21-22)25-11-8-23(9-12-25)20-29-28(32)15-10-24-19-26(13-14-27(24)35-2)36(33,34)31-17-4-3-5-18-31/h8-9,11-14,19,22H,3-7,10,15-18,20-21H2,1-2H3,(H,29,32)/t22-/m1/s1. The third kappa shape index (κ3) is 6.59. The lowest BCUT2D eigenvalue weighted by Crippen LogP contribution is -2.35. The van der Waals surface area contributed by atoms with Gasteiger partial charge < -0.3 is 15.0 Å². The number of hydrogen-bond acceptors (Lipinski definition) is 5. The van der Waals surface area contributed by atoms with Gasteiger partial charge >= 0.3 is 0 Å². The van der Waals surface area contributed by atoms with Gasteiger partial charge in [-0.05, 0) is 79.5 Å². The van der Waals surface area contributed by atoms with E-state index in [1.54, 1.807) is 29.6 Å². The molecule has 36 heavy (non-hydrogen) atoms. The Kier molecular flexibility index (Phi) is 8.90. The number of methoxy groups -OCH3 is 1. The monoisotopic (exact) mass is 513 g/mol. The minimum absolute atomic E-state index is 0.0738. The summed E-state index contributed by atoms with van der Waals surface area (Å²) in [6.07, 6.45) is 6.04. The van der Waals surface area contributed by atoms with Gasteiger partial charge in [0.1, 0.15) is 5.75 Å². The molecule has 2 aliphatic heterocycles. The van der Waals surface area contributed by atoms with Crippen LogP contribution in [0, 0.1) is 5.92 Å². The minimum Gasteiger partial charge on any atom is -0.496 e. The van der Waals surface area contributed by atoms with Crippen molar-refractivity contribution >= 4 is 21.6 Å². The number of amides is 1. The molecule has 1 N–H and O–H groups in total. The van der Waals surface area contributed by atoms with Crippen molar-refractivity contribution in [1.29, 1.82) is 0 Å². The first kappa shape index (κ1) is 26.5. The zero-order valence-corrected chi connectivity index (χ0v) is 22.4. The predicted molar refractivity (Wildman–Crippen MR) is 143 cm³/mol. The molecule has 0 aliphatic carbocycles. The van der Waals surface area contributed by atoms with Gasteiger partial charge in [0.25, 0.3) is 0 Å². The van der Waals surface area contributed by atoms with Crippen LogP contribution in [0.2, 0.25) is 0 Å². The maximum Gasteiger partial charge on any atom is 0.243 e. The number of piperidine rings is 2. The Morgan fingerprint density at radius 3 is 2.47 bits per heavy atom. The quantitative estimate of drug-likeness (QED) is 0.539. The van der Waals surface area contributed by atoms with Crippen molar-refractivity contribution in [3.05, 3.63) is 53.6 Å². The zero-order valence-electron chi connectivity index (χ0n) is 21.5. The van der Waals surface area contributed by atoms with Crippen LogP contribution in [-0.2, 0) is 27.8 Å². The third-order valence-electron chi connectivity index (χ3n) is 7.27. The van der Waals surface area contributed by atoms with Crippen molar-refractivity contribution in [3.8, 4) is 5.75 Å². The molecule has 2 aliphatic rings. The number of carbonyl (C=O) groups is 1. The fourth-order valence-electron chi connectivity index (χ4n) is 5.15. The van der Waals surface area contributed by atoms with Crippen molar-refractivity contribution in [2.45, 2.75) is 63.3 Å². The second kappa shape index (κ2) is 12.1. The van der Waals surface area contributed by atoms with E-state index in [0.29, 0.717) is 31.8 Å². The van der Waals surface area contributed by atoms with Crippen LogP contribution in [-0.4, -0.2) is 51.9 Å². The molecule has 1 amide bonds. The average Bonchev–Trinajstić information content (AvgIpc) is 2.91. The molecule has 0 saturated carbocycles. The van der Waals surface area contributed by atoms with E-state index in [-0.39, 0.29) is 17.2 Å². The molecule has 196 valence electrons. The van der Waals surface area contributed by atoms with E-state index in [0.717, 1.165) is 49.4 Å². The first-order chi connectivity index (χ1) is 17.4. The average molecular weight is 514 g/mol. The molecule has 2 saturated heterocycles. The molecule has 8 heteroatoms. The molecule has 2 heterocycles. The van der Waals surface area contributed by atoms with Gasteiger partial charge in [0.15, 0.2) is 0 Å². The summed E-state index contributed by atoms with van der Waals surface area (Å²) >= 11 is 0. The molecule has 4 rings (SSSR count). The van der Waals surface area contributed by atoms with Crippen LogP contribution in [0.3, 0.4) is 0 Å². The highest BCUT2D eigenvalue weighted by Crippen LogP contribution is 2.27. The molecule has 0 radical (unpaired) electrons. The van der Waals surface area contributed by atoms with Crippen LogP contribution in [0.4, 0.5) is 5.69 Å². The Hall–Kier alpha value is -2.58. The summed E-state index contributed by atoms with van der Waals surface area (Å²) in [5, 5.41) is 2.99. The maximum absolute atomic E-state index is 13.1. The lowest BCUT2D eigenvalue weighted by Gasteiger charge is -2.32. The first-order valence-corrected chi connectivity index (χ1v) is 14.6. The Morgan fingerprint density at radius 1 is 1.03 bits per heavy atom. The fraction of sp³-hybridized carbons (Fsp3) is 0.536. The van der Waals surface area contributed by atoms with Gasteiger partial charge in [-0.3, -0.25) is 4.79 Å². The highest BCUT2D eigenvalue weighted by atomic mass is 32.2. The van der Waals surface area contributed by atoms with Gasteiger partial charge in [-0.2, -0.15) is 4.31 Å². The summed E-state index contributed by atoms with van der Waals surface area (Å²) in [7, 11) is -1.97. The largest absolute Gasteiger partial charge is 0.496 e. The molecule has 2 fully saturated rings. The summed E-state index contributed by atoms with van der Waals surface area (Å²) in [5.74, 6) is 1.25. The summed E-state index contributed by atoms with van der Waals surface area (Å²) in [6.45, 7) is 6.09. The number of anilines is 1. The molecule has 2 aromatic rings. The Labute approximate surface area is 215 Å². The van der Waals surface area contributed by atoms with Crippen LogP contribution >= 0.6 is 0 Å². The molecular weight excluding hydrogens is 474 g/mol. The molecular formula is C28H39N3O4S. The Morgan fingerprint density at radius 2 is 1.78 bits per heavy atom. The third-order valence-corrected chi connectivity index (χ3v) is 9.17. The lowest BCUT2D eigenvalue weighted by atomic mass is 9.99. The van der Waals surface area contributed by atoms with Gasteiger partial charge in [-0.15, -0.1) is 0 Å². The second-order valence-corrected chi connectivity index (χ2v) is 12.0. The molecule has 0 spiro atoms. The number of benzene rings is 2. The van der Waals surface area contributed by atoms with Gasteiger partial charge in [0, 0.05) is 44.8 Å². The van der Waals surface area contributed by atoms with Crippen molar-refractivity contribution in [3.63, 3.8) is 0 Å². The van der Waals surface area contributed by atoms with Crippen molar-refractivity contribution in [2.24, 2.45) is 5.92 Å². The Balaban J connectivity index is 1.32. The van der Waals surface area contributed by atoms with E-state index in [2.05, 4.69) is 41.4 Å². The number of aryl methyl sites for hydroxylation is 1. The molecule has 1 atom stereocenters. The zero-order chi connectivity index (χ0) is 25.5. The highest BCUT2D eigenvalue weighted by molar-refractivity contribution is 7.89. The smallest absolute Gasteiger partial charge is 0.243 e. The van der Waals surface area contributed by atoms with Gasteiger partial charge in [-0.25, -0.2) is 8.42 Å². The molecule has 0 bridgehead atoms. The fourth-order valence-corrected chi connectivity index (χ4v) is 6.72. The number of hydrogen-bond donors (Lipinski definition) is 1. The van der Waals surface area contributed by atoms with Crippen LogP contribution in [0.1, 0.15) is 56.6 Å². The topological polar surface area (TPSA) is 79.0 Å². The predicted octanol–water partition coefficient (Wildman–Crippen LogP) is 4.36. The number of nitrogens with zero attached hydrogens (tertiary/aromatic N) is 2. The van der Waals surface area contributed by atoms with E-state index in [1.165, 1.54) is 18.5 Å². The second-order valence-electron chi connectivity index (χ2n) is 10.1. The van der Waals surface area contributed by atoms with E-state index < -0.39 is 10.0 Å².